The van der Waals surface area contributed by atoms with Crippen molar-refractivity contribution in [2.45, 2.75) is 51.5 Å². The summed E-state index contributed by atoms with van der Waals surface area (Å²) in [6.45, 7) is 4.12. The number of urea groups is 1. The molecule has 1 saturated carbocycles. The molecule has 1 aromatic carbocycles. The van der Waals surface area contributed by atoms with Crippen LogP contribution in [0.25, 0.3) is 0 Å². The Morgan fingerprint density at radius 1 is 1.06 bits per heavy atom. The third-order valence-corrected chi connectivity index (χ3v) is 5.32. The van der Waals surface area contributed by atoms with Gasteiger partial charge in [0, 0.05) is 5.56 Å². The average Bonchev–Trinajstić information content (AvgIpc) is 2.98. The molecule has 0 unspecified atom stereocenters. The van der Waals surface area contributed by atoms with Crippen molar-refractivity contribution in [2.75, 3.05) is 19.8 Å². The molecule has 0 bridgehead atoms. The highest BCUT2D eigenvalue weighted by atomic mass is 16.5. The molecule has 1 heterocycles. The normalized spacial score (nSPS) is 17.3. The maximum atomic E-state index is 12.7. The number of hydrogen-bond donors (Lipinski definition) is 3. The summed E-state index contributed by atoms with van der Waals surface area (Å²) in [6.07, 6.45) is 3.81. The summed E-state index contributed by atoms with van der Waals surface area (Å²) in [5.74, 6) is -0.682. The van der Waals surface area contributed by atoms with Crippen LogP contribution in [0.1, 0.15) is 56.3 Å². The van der Waals surface area contributed by atoms with Gasteiger partial charge >= 0.3 is 6.03 Å². The van der Waals surface area contributed by atoms with Crippen molar-refractivity contribution in [2.24, 2.45) is 0 Å². The molecule has 2 aliphatic rings. The van der Waals surface area contributed by atoms with Gasteiger partial charge in [-0.15, -0.1) is 0 Å². The molecule has 1 aliphatic heterocycles. The standard InChI is InChI=1S/C21H28N4O6/c1-3-30-15-9-8-14(12-16(15)31-4-2)18(27)22-13-17(26)24-25-19(28)21(23-20(25)29)10-6-5-7-11-21/h8-9,12H,3-7,10-11,13H2,1-2H3,(H,22,27)(H,23,29)(H,24,26). The molecule has 2 fully saturated rings. The second-order valence-electron chi connectivity index (χ2n) is 7.46. The van der Waals surface area contributed by atoms with Crippen LogP contribution in [-0.4, -0.2) is 54.1 Å². The molecule has 10 heteroatoms. The highest BCUT2D eigenvalue weighted by Crippen LogP contribution is 2.33. The van der Waals surface area contributed by atoms with Gasteiger partial charge < -0.3 is 20.1 Å². The number of imide groups is 1. The summed E-state index contributed by atoms with van der Waals surface area (Å²) < 4.78 is 11.0. The molecule has 0 atom stereocenters. The zero-order valence-corrected chi connectivity index (χ0v) is 17.8. The second kappa shape index (κ2) is 9.67. The van der Waals surface area contributed by atoms with Crippen LogP contribution in [0.3, 0.4) is 0 Å². The zero-order chi connectivity index (χ0) is 22.4. The van der Waals surface area contributed by atoms with Gasteiger partial charge in [-0.3, -0.25) is 19.8 Å². The first-order valence-corrected chi connectivity index (χ1v) is 10.5. The smallest absolute Gasteiger partial charge is 0.344 e. The number of amides is 5. The van der Waals surface area contributed by atoms with Gasteiger partial charge in [-0.25, -0.2) is 4.79 Å². The summed E-state index contributed by atoms with van der Waals surface area (Å²) in [7, 11) is 0. The first-order valence-electron chi connectivity index (χ1n) is 10.5. The van der Waals surface area contributed by atoms with Gasteiger partial charge in [0.15, 0.2) is 11.5 Å². The Kier molecular flexibility index (Phi) is 6.98. The van der Waals surface area contributed by atoms with Crippen molar-refractivity contribution in [3.8, 4) is 11.5 Å². The van der Waals surface area contributed by atoms with E-state index in [1.165, 1.54) is 6.07 Å². The van der Waals surface area contributed by atoms with Crippen molar-refractivity contribution in [1.82, 2.24) is 21.1 Å². The molecular formula is C21H28N4O6. The lowest BCUT2D eigenvalue weighted by atomic mass is 9.82. The van der Waals surface area contributed by atoms with Gasteiger partial charge in [0.2, 0.25) is 0 Å². The number of carbonyl (C=O) groups excluding carboxylic acids is 4. The van der Waals surface area contributed by atoms with Gasteiger partial charge in [0.25, 0.3) is 17.7 Å². The molecule has 1 spiro atoms. The Hall–Kier alpha value is -3.30. The SMILES string of the molecule is CCOc1ccc(C(=O)NCC(=O)NN2C(=O)NC3(CCCCC3)C2=O)cc1OCC. The van der Waals surface area contributed by atoms with Crippen LogP contribution in [0, 0.1) is 0 Å². The number of hydrogen-bond acceptors (Lipinski definition) is 6. The lowest BCUT2D eigenvalue weighted by Gasteiger charge is -2.30. The summed E-state index contributed by atoms with van der Waals surface area (Å²) in [5.41, 5.74) is 1.65. The fraction of sp³-hybridized carbons (Fsp3) is 0.524. The van der Waals surface area contributed by atoms with E-state index in [1.54, 1.807) is 12.1 Å². The van der Waals surface area contributed by atoms with Crippen LogP contribution in [0.15, 0.2) is 18.2 Å². The Labute approximate surface area is 180 Å². The minimum Gasteiger partial charge on any atom is -0.490 e. The van der Waals surface area contributed by atoms with E-state index in [1.807, 2.05) is 13.8 Å². The fourth-order valence-corrected chi connectivity index (χ4v) is 3.84. The molecule has 168 valence electrons. The second-order valence-corrected chi connectivity index (χ2v) is 7.46. The van der Waals surface area contributed by atoms with Crippen LogP contribution in [0.5, 0.6) is 11.5 Å². The zero-order valence-electron chi connectivity index (χ0n) is 17.8. The lowest BCUT2D eigenvalue weighted by Crippen LogP contribution is -2.52. The molecule has 1 saturated heterocycles. The van der Waals surface area contributed by atoms with Crippen LogP contribution in [0.2, 0.25) is 0 Å². The predicted octanol–water partition coefficient (Wildman–Crippen LogP) is 1.50. The highest BCUT2D eigenvalue weighted by Gasteiger charge is 2.52. The first kappa shape index (κ1) is 22.4. The van der Waals surface area contributed by atoms with Crippen molar-refractivity contribution < 1.29 is 28.7 Å². The molecule has 5 amide bonds. The maximum absolute atomic E-state index is 12.7. The third kappa shape index (κ3) is 4.89. The number of carbonyl (C=O) groups is 4. The van der Waals surface area contributed by atoms with Crippen LogP contribution >= 0.6 is 0 Å². The number of ether oxygens (including phenoxy) is 2. The van der Waals surface area contributed by atoms with Crippen molar-refractivity contribution in [3.05, 3.63) is 23.8 Å². The van der Waals surface area contributed by atoms with E-state index in [0.717, 1.165) is 19.3 Å². The molecule has 0 radical (unpaired) electrons. The molecule has 31 heavy (non-hydrogen) atoms. The van der Waals surface area contributed by atoms with Gasteiger partial charge in [-0.1, -0.05) is 19.3 Å². The minimum atomic E-state index is -0.927. The minimum absolute atomic E-state index is 0.288. The molecule has 1 aliphatic carbocycles. The Balaban J connectivity index is 1.57. The van der Waals surface area contributed by atoms with Gasteiger partial charge in [-0.2, -0.15) is 5.01 Å². The monoisotopic (exact) mass is 432 g/mol. The summed E-state index contributed by atoms with van der Waals surface area (Å²) >= 11 is 0. The van der Waals surface area contributed by atoms with E-state index in [2.05, 4.69) is 16.1 Å². The predicted molar refractivity (Wildman–Crippen MR) is 110 cm³/mol. The highest BCUT2D eigenvalue weighted by molar-refractivity contribution is 6.08. The van der Waals surface area contributed by atoms with Crippen LogP contribution < -0.4 is 25.5 Å². The molecule has 1 aromatic rings. The number of hydrazine groups is 1. The largest absolute Gasteiger partial charge is 0.490 e. The molecule has 3 N–H and O–H groups in total. The Bertz CT molecular complexity index is 865. The quantitative estimate of drug-likeness (QED) is 0.535. The first-order chi connectivity index (χ1) is 14.9. The molecular weight excluding hydrogens is 404 g/mol. The maximum Gasteiger partial charge on any atom is 0.344 e. The van der Waals surface area contributed by atoms with E-state index in [9.17, 15) is 19.2 Å². The van der Waals surface area contributed by atoms with E-state index < -0.39 is 35.8 Å². The Morgan fingerprint density at radius 2 is 1.74 bits per heavy atom. The number of rotatable bonds is 8. The van der Waals surface area contributed by atoms with Crippen LogP contribution in [0.4, 0.5) is 4.79 Å². The van der Waals surface area contributed by atoms with Crippen molar-refractivity contribution >= 4 is 23.8 Å². The Morgan fingerprint density at radius 3 is 2.42 bits per heavy atom. The summed E-state index contributed by atoms with van der Waals surface area (Å²) in [6, 6.07) is 4.07. The third-order valence-electron chi connectivity index (χ3n) is 5.32. The van der Waals surface area contributed by atoms with E-state index in [0.29, 0.717) is 42.6 Å². The van der Waals surface area contributed by atoms with Crippen molar-refractivity contribution in [1.29, 1.82) is 0 Å². The number of nitrogens with one attached hydrogen (secondary N) is 3. The lowest BCUT2D eigenvalue weighted by molar-refractivity contribution is -0.139. The topological polar surface area (TPSA) is 126 Å². The van der Waals surface area contributed by atoms with E-state index in [-0.39, 0.29) is 5.56 Å². The van der Waals surface area contributed by atoms with Gasteiger partial charge in [0.05, 0.1) is 19.8 Å². The van der Waals surface area contributed by atoms with E-state index in [4.69, 9.17) is 9.47 Å². The summed E-state index contributed by atoms with van der Waals surface area (Å²) in [5, 5.41) is 5.90. The van der Waals surface area contributed by atoms with Gasteiger partial charge in [-0.05, 0) is 44.9 Å². The van der Waals surface area contributed by atoms with Gasteiger partial charge in [0.1, 0.15) is 5.54 Å². The number of benzene rings is 1. The molecule has 3 rings (SSSR count). The molecule has 0 aromatic heterocycles. The number of nitrogens with zero attached hydrogens (tertiary/aromatic N) is 1. The average molecular weight is 432 g/mol. The summed E-state index contributed by atoms with van der Waals surface area (Å²) in [4.78, 5) is 49.6. The van der Waals surface area contributed by atoms with Crippen LogP contribution in [-0.2, 0) is 9.59 Å². The van der Waals surface area contributed by atoms with E-state index >= 15 is 0 Å². The fourth-order valence-electron chi connectivity index (χ4n) is 3.84. The van der Waals surface area contributed by atoms with Crippen molar-refractivity contribution in [3.63, 3.8) is 0 Å². The molecule has 10 nitrogen and oxygen atoms in total.